The first-order chi connectivity index (χ1) is 11.5. The molecule has 5 nitrogen and oxygen atoms in total. The first-order valence-electron chi connectivity index (χ1n) is 7.95. The van der Waals surface area contributed by atoms with Gasteiger partial charge in [-0.3, -0.25) is 0 Å². The molecule has 2 rings (SSSR count). The third kappa shape index (κ3) is 5.19. The van der Waals surface area contributed by atoms with Gasteiger partial charge in [0.1, 0.15) is 11.5 Å². The van der Waals surface area contributed by atoms with Crippen molar-refractivity contribution in [3.8, 4) is 11.5 Å². The molecule has 0 aliphatic rings. The molecule has 0 radical (unpaired) electrons. The lowest BCUT2D eigenvalue weighted by Crippen LogP contribution is -2.22. The quantitative estimate of drug-likeness (QED) is 0.627. The summed E-state index contributed by atoms with van der Waals surface area (Å²) < 4.78 is 11.0. The van der Waals surface area contributed by atoms with Crippen molar-refractivity contribution < 1.29 is 9.47 Å². The third-order valence-corrected chi connectivity index (χ3v) is 3.37. The minimum absolute atomic E-state index is 0.115. The standard InChI is InChI=1S/C19H25N3O2/c1-13(2)24-18-11-14(3)5-6-15(18)12-21-19(20)22-16-7-9-17(23-4)10-8-16/h5-11,13H,12H2,1-4H3,(H3,20,21,22). The molecule has 0 amide bonds. The lowest BCUT2D eigenvalue weighted by Gasteiger charge is -2.14. The van der Waals surface area contributed by atoms with Crippen LogP contribution in [0.3, 0.4) is 0 Å². The van der Waals surface area contributed by atoms with Crippen molar-refractivity contribution in [1.82, 2.24) is 0 Å². The summed E-state index contributed by atoms with van der Waals surface area (Å²) in [5, 5.41) is 3.07. The maximum absolute atomic E-state index is 5.97. The molecule has 24 heavy (non-hydrogen) atoms. The van der Waals surface area contributed by atoms with Gasteiger partial charge in [0.15, 0.2) is 5.96 Å². The topological polar surface area (TPSA) is 68.9 Å². The molecular formula is C19H25N3O2. The van der Waals surface area contributed by atoms with E-state index >= 15 is 0 Å². The third-order valence-electron chi connectivity index (χ3n) is 3.37. The van der Waals surface area contributed by atoms with Crippen LogP contribution in [0.4, 0.5) is 5.69 Å². The Kier molecular flexibility index (Phi) is 6.07. The van der Waals surface area contributed by atoms with Crippen LogP contribution in [0.5, 0.6) is 11.5 Å². The van der Waals surface area contributed by atoms with Crippen LogP contribution in [-0.2, 0) is 6.54 Å². The molecule has 0 fully saturated rings. The predicted molar refractivity (Wildman–Crippen MR) is 98.9 cm³/mol. The molecule has 0 aliphatic heterocycles. The molecule has 2 aromatic rings. The monoisotopic (exact) mass is 327 g/mol. The zero-order chi connectivity index (χ0) is 17.5. The molecule has 0 aromatic heterocycles. The molecular weight excluding hydrogens is 302 g/mol. The number of aryl methyl sites for hydroxylation is 1. The lowest BCUT2D eigenvalue weighted by molar-refractivity contribution is 0.240. The number of hydrogen-bond acceptors (Lipinski definition) is 3. The molecule has 0 saturated carbocycles. The van der Waals surface area contributed by atoms with Crippen LogP contribution in [0.2, 0.25) is 0 Å². The lowest BCUT2D eigenvalue weighted by atomic mass is 10.1. The molecule has 0 bridgehead atoms. The number of anilines is 1. The number of guanidine groups is 1. The Hall–Kier alpha value is -2.69. The molecule has 0 unspecified atom stereocenters. The summed E-state index contributed by atoms with van der Waals surface area (Å²) in [6, 6.07) is 13.6. The highest BCUT2D eigenvalue weighted by molar-refractivity contribution is 5.92. The number of aliphatic imine (C=N–C) groups is 1. The van der Waals surface area contributed by atoms with Crippen LogP contribution >= 0.6 is 0 Å². The average Bonchev–Trinajstić information content (AvgIpc) is 2.54. The first-order valence-corrected chi connectivity index (χ1v) is 7.95. The Balaban J connectivity index is 2.05. The Morgan fingerprint density at radius 3 is 2.50 bits per heavy atom. The summed E-state index contributed by atoms with van der Waals surface area (Å²) in [6.45, 7) is 6.51. The summed E-state index contributed by atoms with van der Waals surface area (Å²) in [5.41, 5.74) is 9.00. The summed E-state index contributed by atoms with van der Waals surface area (Å²) in [4.78, 5) is 4.40. The second kappa shape index (κ2) is 8.24. The summed E-state index contributed by atoms with van der Waals surface area (Å²) in [7, 11) is 1.64. The highest BCUT2D eigenvalue weighted by Gasteiger charge is 2.06. The number of methoxy groups -OCH3 is 1. The van der Waals surface area contributed by atoms with Crippen molar-refractivity contribution in [2.45, 2.75) is 33.4 Å². The minimum atomic E-state index is 0.115. The maximum Gasteiger partial charge on any atom is 0.193 e. The van der Waals surface area contributed by atoms with E-state index in [-0.39, 0.29) is 6.10 Å². The second-order valence-corrected chi connectivity index (χ2v) is 5.83. The molecule has 0 atom stereocenters. The molecule has 5 heteroatoms. The van der Waals surface area contributed by atoms with E-state index in [2.05, 4.69) is 10.3 Å². The number of nitrogens with two attached hydrogens (primary N) is 1. The fourth-order valence-electron chi connectivity index (χ4n) is 2.19. The highest BCUT2D eigenvalue weighted by atomic mass is 16.5. The number of nitrogens with one attached hydrogen (secondary N) is 1. The van der Waals surface area contributed by atoms with Crippen LogP contribution in [0.15, 0.2) is 47.5 Å². The van der Waals surface area contributed by atoms with E-state index in [0.29, 0.717) is 12.5 Å². The number of ether oxygens (including phenoxy) is 2. The van der Waals surface area contributed by atoms with Gasteiger partial charge in [-0.1, -0.05) is 12.1 Å². The zero-order valence-electron chi connectivity index (χ0n) is 14.7. The fraction of sp³-hybridized carbons (Fsp3) is 0.316. The van der Waals surface area contributed by atoms with Crippen molar-refractivity contribution in [2.75, 3.05) is 12.4 Å². The number of hydrogen-bond donors (Lipinski definition) is 2. The van der Waals surface area contributed by atoms with Crippen LogP contribution in [0.1, 0.15) is 25.0 Å². The van der Waals surface area contributed by atoms with Crippen molar-refractivity contribution in [2.24, 2.45) is 10.7 Å². The maximum atomic E-state index is 5.97. The smallest absolute Gasteiger partial charge is 0.193 e. The van der Waals surface area contributed by atoms with E-state index in [1.807, 2.05) is 63.2 Å². The number of benzene rings is 2. The van der Waals surface area contributed by atoms with Gasteiger partial charge in [0.2, 0.25) is 0 Å². The van der Waals surface area contributed by atoms with Crippen molar-refractivity contribution in [3.05, 3.63) is 53.6 Å². The Bertz CT molecular complexity index is 694. The van der Waals surface area contributed by atoms with Gasteiger partial charge >= 0.3 is 0 Å². The molecule has 0 aliphatic carbocycles. The fourth-order valence-corrected chi connectivity index (χ4v) is 2.19. The van der Waals surface area contributed by atoms with Crippen LogP contribution in [0.25, 0.3) is 0 Å². The van der Waals surface area contributed by atoms with Gasteiger partial charge < -0.3 is 20.5 Å². The van der Waals surface area contributed by atoms with Crippen molar-refractivity contribution in [1.29, 1.82) is 0 Å². The molecule has 128 valence electrons. The van der Waals surface area contributed by atoms with Gasteiger partial charge in [-0.15, -0.1) is 0 Å². The zero-order valence-corrected chi connectivity index (χ0v) is 14.7. The van der Waals surface area contributed by atoms with Gasteiger partial charge in [-0.2, -0.15) is 0 Å². The molecule has 0 spiro atoms. The van der Waals surface area contributed by atoms with Gasteiger partial charge in [-0.05, 0) is 56.7 Å². The highest BCUT2D eigenvalue weighted by Crippen LogP contribution is 2.22. The molecule has 2 aromatic carbocycles. The van der Waals surface area contributed by atoms with E-state index in [9.17, 15) is 0 Å². The minimum Gasteiger partial charge on any atom is -0.497 e. The second-order valence-electron chi connectivity index (χ2n) is 5.83. The Labute approximate surface area is 143 Å². The summed E-state index contributed by atoms with van der Waals surface area (Å²) in [6.07, 6.45) is 0.115. The van der Waals surface area contributed by atoms with E-state index < -0.39 is 0 Å². The van der Waals surface area contributed by atoms with Crippen molar-refractivity contribution >= 4 is 11.6 Å². The summed E-state index contributed by atoms with van der Waals surface area (Å²) in [5.74, 6) is 2.01. The normalized spacial score (nSPS) is 11.5. The van der Waals surface area contributed by atoms with E-state index in [1.165, 1.54) is 0 Å². The van der Waals surface area contributed by atoms with E-state index in [1.54, 1.807) is 7.11 Å². The molecule has 0 saturated heterocycles. The van der Waals surface area contributed by atoms with Crippen molar-refractivity contribution in [3.63, 3.8) is 0 Å². The van der Waals surface area contributed by atoms with Crippen LogP contribution in [-0.4, -0.2) is 19.2 Å². The van der Waals surface area contributed by atoms with Gasteiger partial charge in [-0.25, -0.2) is 4.99 Å². The molecule has 3 N–H and O–H groups in total. The van der Waals surface area contributed by atoms with Crippen LogP contribution < -0.4 is 20.5 Å². The largest absolute Gasteiger partial charge is 0.497 e. The average molecular weight is 327 g/mol. The van der Waals surface area contributed by atoms with Crippen LogP contribution in [0, 0.1) is 6.92 Å². The predicted octanol–water partition coefficient (Wildman–Crippen LogP) is 3.72. The summed E-state index contributed by atoms with van der Waals surface area (Å²) >= 11 is 0. The molecule has 0 heterocycles. The Morgan fingerprint density at radius 2 is 1.88 bits per heavy atom. The van der Waals surface area contributed by atoms with Gasteiger partial charge in [0.25, 0.3) is 0 Å². The Morgan fingerprint density at radius 1 is 1.17 bits per heavy atom. The van der Waals surface area contributed by atoms with Gasteiger partial charge in [0.05, 0.1) is 19.8 Å². The first kappa shape index (κ1) is 17.7. The number of rotatable bonds is 6. The number of nitrogens with zero attached hydrogens (tertiary/aromatic N) is 1. The van der Waals surface area contributed by atoms with Gasteiger partial charge in [0, 0.05) is 11.3 Å². The van der Waals surface area contributed by atoms with E-state index in [4.69, 9.17) is 15.2 Å². The van der Waals surface area contributed by atoms with E-state index in [0.717, 1.165) is 28.3 Å². The SMILES string of the molecule is COc1ccc(NC(N)=NCc2ccc(C)cc2OC(C)C)cc1.